The maximum absolute atomic E-state index is 12.3. The van der Waals surface area contributed by atoms with E-state index in [0.29, 0.717) is 11.3 Å². The molecule has 0 heterocycles. The van der Waals surface area contributed by atoms with Crippen molar-refractivity contribution in [3.63, 3.8) is 0 Å². The van der Waals surface area contributed by atoms with Crippen molar-refractivity contribution < 1.29 is 23.0 Å². The summed E-state index contributed by atoms with van der Waals surface area (Å²) in [5.41, 5.74) is 0.668. The molecule has 0 bridgehead atoms. The number of ether oxygens (including phenoxy) is 1. The van der Waals surface area contributed by atoms with Crippen LogP contribution in [0.2, 0.25) is 0 Å². The van der Waals surface area contributed by atoms with Crippen molar-refractivity contribution in [2.45, 2.75) is 24.7 Å². The van der Waals surface area contributed by atoms with Crippen molar-refractivity contribution in [1.82, 2.24) is 5.32 Å². The Morgan fingerprint density at radius 1 is 1.28 bits per heavy atom. The van der Waals surface area contributed by atoms with E-state index in [1.165, 1.54) is 7.11 Å². The van der Waals surface area contributed by atoms with E-state index < -0.39 is 24.7 Å². The Morgan fingerprint density at radius 3 is 2.22 bits per heavy atom. The van der Waals surface area contributed by atoms with Gasteiger partial charge in [0.1, 0.15) is 5.75 Å². The predicted octanol–water partition coefficient (Wildman–Crippen LogP) is 2.27. The van der Waals surface area contributed by atoms with Crippen molar-refractivity contribution in [3.05, 3.63) is 29.8 Å². The highest BCUT2D eigenvalue weighted by atomic mass is 19.4. The fraction of sp³-hybridized carbons (Fsp3) is 0.500. The second-order valence-corrected chi connectivity index (χ2v) is 3.91. The Balaban J connectivity index is 2.76. The third kappa shape index (κ3) is 3.89. The molecule has 0 aliphatic rings. The lowest BCUT2D eigenvalue weighted by molar-refractivity contribution is -0.207. The third-order valence-corrected chi connectivity index (χ3v) is 2.70. The van der Waals surface area contributed by atoms with Gasteiger partial charge in [-0.3, -0.25) is 0 Å². The van der Waals surface area contributed by atoms with E-state index in [4.69, 9.17) is 9.84 Å². The van der Waals surface area contributed by atoms with E-state index in [1.807, 2.05) is 0 Å². The zero-order valence-corrected chi connectivity index (χ0v) is 10.2. The van der Waals surface area contributed by atoms with E-state index in [0.717, 1.165) is 0 Å². The molecule has 0 radical (unpaired) electrons. The summed E-state index contributed by atoms with van der Waals surface area (Å²) < 4.78 is 41.8. The van der Waals surface area contributed by atoms with Gasteiger partial charge in [0.25, 0.3) is 0 Å². The molecule has 18 heavy (non-hydrogen) atoms. The van der Waals surface area contributed by atoms with Gasteiger partial charge < -0.3 is 15.2 Å². The van der Waals surface area contributed by atoms with Crippen molar-refractivity contribution in [3.8, 4) is 5.75 Å². The number of halogens is 3. The standard InChI is InChI=1S/C12H16F3NO2/c1-16-10(7-11(17)12(13,14)15)8-3-5-9(18-2)6-4-8/h3-6,10-11,16-17H,7H2,1-2H3/t10-,11+/m0/s1. The molecule has 0 fully saturated rings. The minimum absolute atomic E-state index is 0.424. The van der Waals surface area contributed by atoms with Crippen LogP contribution in [0, 0.1) is 0 Å². The van der Waals surface area contributed by atoms with Gasteiger partial charge in [0, 0.05) is 12.5 Å². The lowest BCUT2D eigenvalue weighted by Crippen LogP contribution is -2.33. The number of alkyl halides is 3. The van der Waals surface area contributed by atoms with E-state index in [2.05, 4.69) is 5.32 Å². The molecule has 2 atom stereocenters. The Morgan fingerprint density at radius 2 is 1.83 bits per heavy atom. The lowest BCUT2D eigenvalue weighted by Gasteiger charge is -2.22. The van der Waals surface area contributed by atoms with Crippen molar-refractivity contribution in [2.24, 2.45) is 0 Å². The molecule has 3 nitrogen and oxygen atoms in total. The Labute approximate surface area is 104 Å². The zero-order valence-electron chi connectivity index (χ0n) is 10.2. The highest BCUT2D eigenvalue weighted by Crippen LogP contribution is 2.28. The van der Waals surface area contributed by atoms with Gasteiger partial charge in [-0.25, -0.2) is 0 Å². The minimum atomic E-state index is -4.60. The fourth-order valence-electron chi connectivity index (χ4n) is 1.61. The molecular formula is C12H16F3NO2. The fourth-order valence-corrected chi connectivity index (χ4v) is 1.61. The number of rotatable bonds is 5. The average molecular weight is 263 g/mol. The summed E-state index contributed by atoms with van der Waals surface area (Å²) in [5.74, 6) is 0.630. The number of aliphatic hydroxyl groups is 1. The molecule has 1 aromatic carbocycles. The summed E-state index contributed by atoms with van der Waals surface area (Å²) in [6, 6.07) is 6.11. The monoisotopic (exact) mass is 263 g/mol. The quantitative estimate of drug-likeness (QED) is 0.856. The number of nitrogens with one attached hydrogen (secondary N) is 1. The molecule has 6 heteroatoms. The smallest absolute Gasteiger partial charge is 0.414 e. The Hall–Kier alpha value is -1.27. The maximum Gasteiger partial charge on any atom is 0.414 e. The normalized spacial score (nSPS) is 15.2. The second kappa shape index (κ2) is 6.06. The topological polar surface area (TPSA) is 41.5 Å². The molecule has 0 aliphatic carbocycles. The van der Waals surface area contributed by atoms with Crippen molar-refractivity contribution >= 4 is 0 Å². The third-order valence-electron chi connectivity index (χ3n) is 2.70. The van der Waals surface area contributed by atoms with Gasteiger partial charge in [-0.05, 0) is 24.7 Å². The van der Waals surface area contributed by atoms with Crippen LogP contribution in [0.1, 0.15) is 18.0 Å². The van der Waals surface area contributed by atoms with Crippen LogP contribution in [-0.2, 0) is 0 Å². The van der Waals surface area contributed by atoms with Crippen LogP contribution >= 0.6 is 0 Å². The van der Waals surface area contributed by atoms with Crippen LogP contribution in [0.15, 0.2) is 24.3 Å². The van der Waals surface area contributed by atoms with E-state index in [1.54, 1.807) is 31.3 Å². The van der Waals surface area contributed by atoms with Crippen LogP contribution < -0.4 is 10.1 Å². The van der Waals surface area contributed by atoms with Gasteiger partial charge in [0.2, 0.25) is 0 Å². The highest BCUT2D eigenvalue weighted by Gasteiger charge is 2.39. The first-order chi connectivity index (χ1) is 8.38. The largest absolute Gasteiger partial charge is 0.497 e. The predicted molar refractivity (Wildman–Crippen MR) is 61.5 cm³/mol. The van der Waals surface area contributed by atoms with E-state index >= 15 is 0 Å². The first-order valence-electron chi connectivity index (χ1n) is 5.44. The van der Waals surface area contributed by atoms with Crippen molar-refractivity contribution in [1.29, 1.82) is 0 Å². The Bertz CT molecular complexity index is 365. The minimum Gasteiger partial charge on any atom is -0.497 e. The molecule has 0 aliphatic heterocycles. The number of aliphatic hydroxyl groups excluding tert-OH is 1. The summed E-state index contributed by atoms with van der Waals surface area (Å²) >= 11 is 0. The van der Waals surface area contributed by atoms with Crippen molar-refractivity contribution in [2.75, 3.05) is 14.2 Å². The van der Waals surface area contributed by atoms with Gasteiger partial charge in [0.15, 0.2) is 6.10 Å². The maximum atomic E-state index is 12.3. The molecule has 1 aromatic rings. The van der Waals surface area contributed by atoms with Crippen LogP contribution in [0.25, 0.3) is 0 Å². The summed E-state index contributed by atoms with van der Waals surface area (Å²) in [6.45, 7) is 0. The van der Waals surface area contributed by atoms with Crippen LogP contribution in [0.5, 0.6) is 5.75 Å². The molecule has 2 N–H and O–H groups in total. The number of hydrogen-bond donors (Lipinski definition) is 2. The van der Waals surface area contributed by atoms with Gasteiger partial charge in [0.05, 0.1) is 7.11 Å². The zero-order chi connectivity index (χ0) is 13.8. The number of benzene rings is 1. The number of hydrogen-bond acceptors (Lipinski definition) is 3. The Kier molecular flexibility index (Phi) is 4.98. The molecular weight excluding hydrogens is 247 g/mol. The van der Waals surface area contributed by atoms with Gasteiger partial charge in [-0.1, -0.05) is 12.1 Å². The molecule has 1 rings (SSSR count). The van der Waals surface area contributed by atoms with E-state index in [-0.39, 0.29) is 0 Å². The van der Waals surface area contributed by atoms with Crippen LogP contribution in [-0.4, -0.2) is 31.5 Å². The first-order valence-corrected chi connectivity index (χ1v) is 5.44. The summed E-state index contributed by atoms with van der Waals surface area (Å²) in [4.78, 5) is 0. The second-order valence-electron chi connectivity index (χ2n) is 3.91. The molecule has 0 unspecified atom stereocenters. The van der Waals surface area contributed by atoms with Crippen LogP contribution in [0.4, 0.5) is 13.2 Å². The highest BCUT2D eigenvalue weighted by molar-refractivity contribution is 5.29. The van der Waals surface area contributed by atoms with Crippen LogP contribution in [0.3, 0.4) is 0 Å². The van der Waals surface area contributed by atoms with Gasteiger partial charge >= 0.3 is 6.18 Å². The SMILES string of the molecule is CN[C@@H](C[C@@H](O)C(F)(F)F)c1ccc(OC)cc1. The summed E-state index contributed by atoms with van der Waals surface area (Å²) in [5, 5.41) is 11.8. The molecule has 0 aromatic heterocycles. The van der Waals surface area contributed by atoms with E-state index in [9.17, 15) is 13.2 Å². The van der Waals surface area contributed by atoms with Gasteiger partial charge in [-0.15, -0.1) is 0 Å². The first kappa shape index (κ1) is 14.8. The summed E-state index contributed by atoms with van der Waals surface area (Å²) in [7, 11) is 3.07. The van der Waals surface area contributed by atoms with Gasteiger partial charge in [-0.2, -0.15) is 13.2 Å². The molecule has 0 amide bonds. The molecule has 0 saturated carbocycles. The molecule has 102 valence electrons. The molecule has 0 spiro atoms. The number of methoxy groups -OCH3 is 1. The molecule has 0 saturated heterocycles. The summed E-state index contributed by atoms with van der Waals surface area (Å²) in [6.07, 6.45) is -7.36. The average Bonchev–Trinajstić information content (AvgIpc) is 2.34. The lowest BCUT2D eigenvalue weighted by atomic mass is 10.0.